The first-order valence-corrected chi connectivity index (χ1v) is 6.26. The second-order valence-electron chi connectivity index (χ2n) is 4.35. The van der Waals surface area contributed by atoms with Gasteiger partial charge < -0.3 is 10.6 Å². The van der Waals surface area contributed by atoms with Gasteiger partial charge in [-0.2, -0.15) is 5.10 Å². The Hall–Kier alpha value is -2.63. The average molecular weight is 272 g/mol. The Kier molecular flexibility index (Phi) is 4.14. The molecule has 2 rings (SSSR count). The number of H-pyrrole nitrogens is 1. The molecule has 6 heteroatoms. The smallest absolute Gasteiger partial charge is 0.273 e. The summed E-state index contributed by atoms with van der Waals surface area (Å²) in [6.07, 6.45) is 1.58. The first-order valence-electron chi connectivity index (χ1n) is 6.26. The number of benzene rings is 1. The fourth-order valence-corrected chi connectivity index (χ4v) is 1.79. The zero-order valence-electron chi connectivity index (χ0n) is 11.1. The van der Waals surface area contributed by atoms with Crippen molar-refractivity contribution in [2.75, 3.05) is 6.54 Å². The number of carbonyl (C=O) groups excluding carboxylic acids is 2. The number of carbonyl (C=O) groups is 2. The number of hydrogen-bond acceptors (Lipinski definition) is 3. The normalized spacial score (nSPS) is 11.8. The summed E-state index contributed by atoms with van der Waals surface area (Å²) in [5.41, 5.74) is 1.06. The van der Waals surface area contributed by atoms with Crippen molar-refractivity contribution in [1.29, 1.82) is 0 Å². The highest BCUT2D eigenvalue weighted by Gasteiger charge is 2.19. The molecule has 0 bridgehead atoms. The molecule has 1 heterocycles. The molecule has 1 aromatic carbocycles. The van der Waals surface area contributed by atoms with Crippen LogP contribution in [0.15, 0.2) is 36.9 Å². The van der Waals surface area contributed by atoms with E-state index < -0.39 is 6.04 Å². The molecule has 0 saturated carbocycles. The van der Waals surface area contributed by atoms with Crippen LogP contribution in [0.2, 0.25) is 0 Å². The third kappa shape index (κ3) is 2.85. The molecule has 1 unspecified atom stereocenters. The second-order valence-corrected chi connectivity index (χ2v) is 4.35. The van der Waals surface area contributed by atoms with Crippen molar-refractivity contribution < 1.29 is 9.59 Å². The summed E-state index contributed by atoms with van der Waals surface area (Å²) in [6, 6.07) is 6.68. The number of nitrogens with zero attached hydrogens (tertiary/aromatic N) is 1. The van der Waals surface area contributed by atoms with E-state index in [0.717, 1.165) is 10.9 Å². The number of aromatic nitrogens is 2. The Bertz CT molecular complexity index is 647. The van der Waals surface area contributed by atoms with Crippen LogP contribution >= 0.6 is 0 Å². The van der Waals surface area contributed by atoms with Crippen molar-refractivity contribution in [3.8, 4) is 0 Å². The zero-order valence-corrected chi connectivity index (χ0v) is 11.1. The van der Waals surface area contributed by atoms with Gasteiger partial charge in [-0.25, -0.2) is 0 Å². The van der Waals surface area contributed by atoms with Crippen LogP contribution in [0.4, 0.5) is 0 Å². The molecular weight excluding hydrogens is 256 g/mol. The highest BCUT2D eigenvalue weighted by atomic mass is 16.2. The van der Waals surface area contributed by atoms with Crippen molar-refractivity contribution in [1.82, 2.24) is 20.8 Å². The highest BCUT2D eigenvalue weighted by molar-refractivity contribution is 6.05. The van der Waals surface area contributed by atoms with Gasteiger partial charge in [0.2, 0.25) is 5.91 Å². The number of hydrogen-bond donors (Lipinski definition) is 3. The Morgan fingerprint density at radius 3 is 2.95 bits per heavy atom. The molecule has 20 heavy (non-hydrogen) atoms. The Morgan fingerprint density at radius 2 is 2.20 bits per heavy atom. The summed E-state index contributed by atoms with van der Waals surface area (Å²) < 4.78 is 0. The van der Waals surface area contributed by atoms with Gasteiger partial charge in [-0.15, -0.1) is 6.58 Å². The third-order valence-corrected chi connectivity index (χ3v) is 2.85. The van der Waals surface area contributed by atoms with Crippen molar-refractivity contribution in [3.05, 3.63) is 42.6 Å². The van der Waals surface area contributed by atoms with E-state index in [4.69, 9.17) is 0 Å². The molecule has 6 nitrogen and oxygen atoms in total. The van der Waals surface area contributed by atoms with E-state index in [1.807, 2.05) is 18.2 Å². The van der Waals surface area contributed by atoms with Crippen molar-refractivity contribution in [2.24, 2.45) is 0 Å². The van der Waals surface area contributed by atoms with Gasteiger partial charge in [-0.05, 0) is 13.0 Å². The molecular formula is C14H16N4O2. The molecule has 0 aliphatic carbocycles. The van der Waals surface area contributed by atoms with Crippen LogP contribution < -0.4 is 10.6 Å². The predicted molar refractivity (Wildman–Crippen MR) is 76.2 cm³/mol. The van der Waals surface area contributed by atoms with Gasteiger partial charge in [-0.1, -0.05) is 24.3 Å². The van der Waals surface area contributed by atoms with Gasteiger partial charge in [0.15, 0.2) is 5.69 Å². The van der Waals surface area contributed by atoms with Crippen LogP contribution in [0.3, 0.4) is 0 Å². The summed E-state index contributed by atoms with van der Waals surface area (Å²) in [6.45, 7) is 5.49. The molecule has 0 spiro atoms. The minimum atomic E-state index is -0.641. The Labute approximate surface area is 116 Å². The summed E-state index contributed by atoms with van der Waals surface area (Å²) in [4.78, 5) is 23.8. The van der Waals surface area contributed by atoms with E-state index in [2.05, 4.69) is 27.4 Å². The van der Waals surface area contributed by atoms with Crippen LogP contribution in [0.25, 0.3) is 10.9 Å². The summed E-state index contributed by atoms with van der Waals surface area (Å²) in [7, 11) is 0. The largest absolute Gasteiger partial charge is 0.351 e. The average Bonchev–Trinajstić information content (AvgIpc) is 2.88. The third-order valence-electron chi connectivity index (χ3n) is 2.85. The van der Waals surface area contributed by atoms with Gasteiger partial charge in [0.1, 0.15) is 6.04 Å². The standard InChI is InChI=1S/C14H16N4O2/c1-3-8-15-13(19)9(2)16-14(20)12-10-6-4-5-7-11(10)17-18-12/h3-7,9H,1,8H2,2H3,(H,15,19)(H,16,20)(H,17,18). The van der Waals surface area contributed by atoms with Crippen molar-refractivity contribution in [3.63, 3.8) is 0 Å². The monoisotopic (exact) mass is 272 g/mol. The van der Waals surface area contributed by atoms with Crippen LogP contribution in [0.1, 0.15) is 17.4 Å². The maximum Gasteiger partial charge on any atom is 0.273 e. The molecule has 1 atom stereocenters. The first-order chi connectivity index (χ1) is 9.63. The number of rotatable bonds is 5. The first kappa shape index (κ1) is 13.8. The lowest BCUT2D eigenvalue weighted by atomic mass is 10.2. The van der Waals surface area contributed by atoms with Gasteiger partial charge in [0, 0.05) is 11.9 Å². The molecule has 0 saturated heterocycles. The number of amides is 2. The van der Waals surface area contributed by atoms with E-state index in [1.165, 1.54) is 0 Å². The summed E-state index contributed by atoms with van der Waals surface area (Å²) in [5.74, 6) is -0.651. The van der Waals surface area contributed by atoms with E-state index >= 15 is 0 Å². The Morgan fingerprint density at radius 1 is 1.45 bits per heavy atom. The van der Waals surface area contributed by atoms with Gasteiger partial charge in [-0.3, -0.25) is 14.7 Å². The van der Waals surface area contributed by atoms with Crippen LogP contribution in [-0.2, 0) is 4.79 Å². The summed E-state index contributed by atoms with van der Waals surface area (Å²) >= 11 is 0. The van der Waals surface area contributed by atoms with Crippen molar-refractivity contribution in [2.45, 2.75) is 13.0 Å². The van der Waals surface area contributed by atoms with Gasteiger partial charge in [0.25, 0.3) is 5.91 Å². The molecule has 0 radical (unpaired) electrons. The lowest BCUT2D eigenvalue weighted by Crippen LogP contribution is -2.44. The van der Waals surface area contributed by atoms with Crippen LogP contribution in [0.5, 0.6) is 0 Å². The molecule has 0 aliphatic heterocycles. The lowest BCUT2D eigenvalue weighted by Gasteiger charge is -2.12. The zero-order chi connectivity index (χ0) is 14.5. The molecule has 0 aliphatic rings. The second kappa shape index (κ2) is 6.01. The predicted octanol–water partition coefficient (Wildman–Crippen LogP) is 0.983. The number of nitrogens with one attached hydrogen (secondary N) is 3. The van der Waals surface area contributed by atoms with E-state index in [9.17, 15) is 9.59 Å². The minimum absolute atomic E-state index is 0.266. The molecule has 2 aromatic rings. The lowest BCUT2D eigenvalue weighted by molar-refractivity contribution is -0.122. The highest BCUT2D eigenvalue weighted by Crippen LogP contribution is 2.14. The molecule has 1 aromatic heterocycles. The minimum Gasteiger partial charge on any atom is -0.351 e. The number of fused-ring (bicyclic) bond motifs is 1. The number of para-hydroxylation sites is 1. The van der Waals surface area contributed by atoms with Crippen LogP contribution in [-0.4, -0.2) is 34.6 Å². The van der Waals surface area contributed by atoms with E-state index in [1.54, 1.807) is 19.1 Å². The maximum atomic E-state index is 12.1. The van der Waals surface area contributed by atoms with E-state index in [-0.39, 0.29) is 17.5 Å². The molecule has 3 N–H and O–H groups in total. The quantitative estimate of drug-likeness (QED) is 0.709. The van der Waals surface area contributed by atoms with Crippen molar-refractivity contribution >= 4 is 22.7 Å². The molecule has 104 valence electrons. The maximum absolute atomic E-state index is 12.1. The molecule has 0 fully saturated rings. The number of aromatic amines is 1. The fourth-order valence-electron chi connectivity index (χ4n) is 1.79. The molecule has 2 amide bonds. The fraction of sp³-hybridized carbons (Fsp3) is 0.214. The Balaban J connectivity index is 2.08. The van der Waals surface area contributed by atoms with Gasteiger partial charge >= 0.3 is 0 Å². The topological polar surface area (TPSA) is 86.9 Å². The van der Waals surface area contributed by atoms with E-state index in [0.29, 0.717) is 6.54 Å². The van der Waals surface area contributed by atoms with Gasteiger partial charge in [0.05, 0.1) is 5.52 Å². The van der Waals surface area contributed by atoms with Crippen LogP contribution in [0, 0.1) is 0 Å². The summed E-state index contributed by atoms with van der Waals surface area (Å²) in [5, 5.41) is 12.7. The SMILES string of the molecule is C=CCNC(=O)C(C)NC(=O)c1n[nH]c2ccccc12.